The van der Waals surface area contributed by atoms with Crippen LogP contribution in [0.4, 0.5) is 0 Å². The molecule has 2 heterocycles. The van der Waals surface area contributed by atoms with Gasteiger partial charge < -0.3 is 15.1 Å². The molecule has 0 aliphatic carbocycles. The Bertz CT molecular complexity index is 609. The lowest BCUT2D eigenvalue weighted by molar-refractivity contribution is -0.122. The van der Waals surface area contributed by atoms with Crippen molar-refractivity contribution < 1.29 is 23.4 Å². The maximum absolute atomic E-state index is 11.7. The molecule has 0 radical (unpaired) electrons. The summed E-state index contributed by atoms with van der Waals surface area (Å²) in [5.41, 5.74) is 1.18. The monoisotopic (exact) mass is 373 g/mol. The third-order valence-electron chi connectivity index (χ3n) is 4.16. The normalized spacial score (nSPS) is 21.0. The Morgan fingerprint density at radius 2 is 1.92 bits per heavy atom. The Hall–Kier alpha value is -1.55. The van der Waals surface area contributed by atoms with Gasteiger partial charge in [0.25, 0.3) is 6.47 Å². The van der Waals surface area contributed by atoms with Crippen LogP contribution in [0.3, 0.4) is 0 Å². The predicted octanol–water partition coefficient (Wildman–Crippen LogP) is -0.101. The van der Waals surface area contributed by atoms with E-state index in [4.69, 9.17) is 9.90 Å². The number of pyridine rings is 1. The van der Waals surface area contributed by atoms with E-state index >= 15 is 0 Å². The van der Waals surface area contributed by atoms with Crippen molar-refractivity contribution in [2.45, 2.75) is 18.9 Å². The highest BCUT2D eigenvalue weighted by Gasteiger charge is 2.31. The number of nitrogens with zero attached hydrogens (tertiary/aromatic N) is 3. The fraction of sp³-hybridized carbons (Fsp3) is 0.625. The molecule has 25 heavy (non-hydrogen) atoms. The number of aliphatic hydroxyl groups excluding tert-OH is 1. The Morgan fingerprint density at radius 3 is 2.48 bits per heavy atom. The molecule has 8 nitrogen and oxygen atoms in total. The van der Waals surface area contributed by atoms with Crippen LogP contribution in [0.5, 0.6) is 0 Å². The molecule has 0 bridgehead atoms. The lowest BCUT2D eigenvalue weighted by atomic mass is 9.97. The van der Waals surface area contributed by atoms with Crippen molar-refractivity contribution in [1.82, 2.24) is 14.2 Å². The van der Waals surface area contributed by atoms with Crippen LogP contribution in [0.1, 0.15) is 12.0 Å². The Morgan fingerprint density at radius 1 is 1.32 bits per heavy atom. The van der Waals surface area contributed by atoms with Gasteiger partial charge >= 0.3 is 0 Å². The van der Waals surface area contributed by atoms with Crippen LogP contribution < -0.4 is 0 Å². The molecule has 2 rings (SSSR count). The van der Waals surface area contributed by atoms with E-state index in [1.54, 1.807) is 26.5 Å². The number of likely N-dealkylation sites (tertiary alicyclic amines) is 1. The van der Waals surface area contributed by atoms with Crippen molar-refractivity contribution in [1.29, 1.82) is 0 Å². The molecule has 142 valence electrons. The molecule has 1 saturated heterocycles. The first-order valence-electron chi connectivity index (χ1n) is 8.07. The zero-order valence-corrected chi connectivity index (χ0v) is 15.5. The van der Waals surface area contributed by atoms with Gasteiger partial charge in [0.2, 0.25) is 10.0 Å². The van der Waals surface area contributed by atoms with E-state index in [0.717, 1.165) is 13.0 Å². The summed E-state index contributed by atoms with van der Waals surface area (Å²) in [6, 6.07) is 3.94. The minimum Gasteiger partial charge on any atom is -0.483 e. The summed E-state index contributed by atoms with van der Waals surface area (Å²) in [6.45, 7) is 1.89. The Balaban J connectivity index is 0.000000970. The molecule has 9 heteroatoms. The standard InChI is InChI=1S/C15H25N3O3S.CH2O2/c1-17(2)22(20,21)9-3-8-18-11-14(15(19)12-18)10-13-4-6-16-7-5-13;2-1-3/h4-7,14-15,19H,3,8-12H2,1-2H3;1H,(H,2,3)/t14-,15+;/m1./s1. The van der Waals surface area contributed by atoms with Crippen LogP contribution in [0, 0.1) is 5.92 Å². The van der Waals surface area contributed by atoms with Gasteiger partial charge in [-0.2, -0.15) is 0 Å². The third-order valence-corrected chi connectivity index (χ3v) is 6.08. The maximum atomic E-state index is 11.7. The number of hydrogen-bond donors (Lipinski definition) is 2. The summed E-state index contributed by atoms with van der Waals surface area (Å²) in [5, 5.41) is 17.1. The predicted molar refractivity (Wildman–Crippen MR) is 94.7 cm³/mol. The van der Waals surface area contributed by atoms with Crippen molar-refractivity contribution >= 4 is 16.5 Å². The van der Waals surface area contributed by atoms with Gasteiger partial charge in [-0.15, -0.1) is 0 Å². The highest BCUT2D eigenvalue weighted by Crippen LogP contribution is 2.21. The topological polar surface area (TPSA) is 111 Å². The van der Waals surface area contributed by atoms with E-state index in [1.807, 2.05) is 12.1 Å². The number of rotatable bonds is 7. The summed E-state index contributed by atoms with van der Waals surface area (Å²) in [4.78, 5) is 14.5. The van der Waals surface area contributed by atoms with Crippen LogP contribution in [0.15, 0.2) is 24.5 Å². The second kappa shape index (κ2) is 10.4. The van der Waals surface area contributed by atoms with Crippen LogP contribution >= 0.6 is 0 Å². The first kappa shape index (κ1) is 21.5. The van der Waals surface area contributed by atoms with E-state index in [1.165, 1.54) is 9.87 Å². The molecule has 1 aromatic rings. The van der Waals surface area contributed by atoms with Gasteiger partial charge in [-0.25, -0.2) is 12.7 Å². The SMILES string of the molecule is CN(C)S(=O)(=O)CCCN1C[C@@H](Cc2ccncc2)[C@@H](O)C1.O=CO. The number of aromatic nitrogens is 1. The van der Waals surface area contributed by atoms with Crippen LogP contribution in [-0.4, -0.2) is 84.9 Å². The molecule has 0 amide bonds. The fourth-order valence-corrected chi connectivity index (χ4v) is 3.66. The lowest BCUT2D eigenvalue weighted by Crippen LogP contribution is -2.29. The zero-order valence-electron chi connectivity index (χ0n) is 14.7. The molecule has 1 aliphatic rings. The molecule has 1 fully saturated rings. The van der Waals surface area contributed by atoms with Crippen molar-refractivity contribution in [3.05, 3.63) is 30.1 Å². The van der Waals surface area contributed by atoms with Crippen molar-refractivity contribution in [2.24, 2.45) is 5.92 Å². The van der Waals surface area contributed by atoms with Gasteiger partial charge in [-0.3, -0.25) is 9.78 Å². The van der Waals surface area contributed by atoms with E-state index in [2.05, 4.69) is 9.88 Å². The Kier molecular flexibility index (Phi) is 8.98. The molecule has 2 atom stereocenters. The molecule has 1 aliphatic heterocycles. The van der Waals surface area contributed by atoms with Gasteiger partial charge in [-0.05, 0) is 37.1 Å². The largest absolute Gasteiger partial charge is 0.483 e. The van der Waals surface area contributed by atoms with Crippen LogP contribution in [0.25, 0.3) is 0 Å². The zero-order chi connectivity index (χ0) is 18.9. The van der Waals surface area contributed by atoms with Crippen molar-refractivity contribution in [3.8, 4) is 0 Å². The summed E-state index contributed by atoms with van der Waals surface area (Å²) in [7, 11) is -0.0178. The average molecular weight is 373 g/mol. The van der Waals surface area contributed by atoms with Gasteiger partial charge in [0.1, 0.15) is 0 Å². The number of aliphatic hydroxyl groups is 1. The van der Waals surface area contributed by atoms with Gasteiger partial charge in [0.05, 0.1) is 11.9 Å². The van der Waals surface area contributed by atoms with E-state index in [0.29, 0.717) is 19.5 Å². The molecular formula is C16H27N3O5S. The van der Waals surface area contributed by atoms with Crippen LogP contribution in [-0.2, 0) is 21.2 Å². The Labute approximate surface area is 149 Å². The number of carbonyl (C=O) groups is 1. The number of β-amino-alcohol motifs (C(OH)–C–C–N with tert-alkyl or cyclic N) is 1. The maximum Gasteiger partial charge on any atom is 0.290 e. The summed E-state index contributed by atoms with van der Waals surface area (Å²) < 4.78 is 24.7. The van der Waals surface area contributed by atoms with Gasteiger partial charge in [0.15, 0.2) is 0 Å². The molecule has 0 saturated carbocycles. The highest BCUT2D eigenvalue weighted by molar-refractivity contribution is 7.89. The molecule has 1 aromatic heterocycles. The second-order valence-corrected chi connectivity index (χ2v) is 8.51. The second-order valence-electron chi connectivity index (χ2n) is 6.20. The van der Waals surface area contributed by atoms with E-state index in [9.17, 15) is 13.5 Å². The first-order valence-corrected chi connectivity index (χ1v) is 9.68. The van der Waals surface area contributed by atoms with Crippen molar-refractivity contribution in [3.63, 3.8) is 0 Å². The van der Waals surface area contributed by atoms with Crippen molar-refractivity contribution in [2.75, 3.05) is 39.5 Å². The quantitative estimate of drug-likeness (QED) is 0.642. The molecule has 2 N–H and O–H groups in total. The molecular weight excluding hydrogens is 346 g/mol. The fourth-order valence-electron chi connectivity index (χ4n) is 2.80. The summed E-state index contributed by atoms with van der Waals surface area (Å²) in [6.07, 6.45) is 4.60. The molecule has 0 aromatic carbocycles. The third kappa shape index (κ3) is 7.47. The van der Waals surface area contributed by atoms with E-state index < -0.39 is 10.0 Å². The lowest BCUT2D eigenvalue weighted by Gasteiger charge is -2.16. The average Bonchev–Trinajstić information content (AvgIpc) is 2.88. The first-order chi connectivity index (χ1) is 11.8. The number of carboxylic acid groups (broad SMARTS) is 1. The smallest absolute Gasteiger partial charge is 0.290 e. The summed E-state index contributed by atoms with van der Waals surface area (Å²) >= 11 is 0. The highest BCUT2D eigenvalue weighted by atomic mass is 32.2. The minimum absolute atomic E-state index is 0.154. The van der Waals surface area contributed by atoms with E-state index in [-0.39, 0.29) is 24.2 Å². The number of sulfonamides is 1. The van der Waals surface area contributed by atoms with Gasteiger partial charge in [0, 0.05) is 45.5 Å². The number of hydrogen-bond acceptors (Lipinski definition) is 6. The van der Waals surface area contributed by atoms with Gasteiger partial charge in [-0.1, -0.05) is 0 Å². The summed E-state index contributed by atoms with van der Waals surface area (Å²) in [5.74, 6) is 0.356. The molecule has 0 spiro atoms. The van der Waals surface area contributed by atoms with Crippen LogP contribution in [0.2, 0.25) is 0 Å². The minimum atomic E-state index is -3.13. The molecule has 0 unspecified atom stereocenters.